The highest BCUT2D eigenvalue weighted by Gasteiger charge is 2.19. The van der Waals surface area contributed by atoms with Crippen LogP contribution in [0.1, 0.15) is 6.42 Å². The van der Waals surface area contributed by atoms with E-state index in [0.717, 1.165) is 38.3 Å². The van der Waals surface area contributed by atoms with Crippen LogP contribution in [-0.2, 0) is 14.3 Å². The molecule has 78 valence electrons. The predicted octanol–water partition coefficient (Wildman–Crippen LogP) is 0.192. The van der Waals surface area contributed by atoms with Crippen molar-refractivity contribution >= 4 is 5.78 Å². The van der Waals surface area contributed by atoms with Gasteiger partial charge in [0, 0.05) is 25.1 Å². The van der Waals surface area contributed by atoms with E-state index >= 15 is 0 Å². The minimum Gasteiger partial charge on any atom is -0.500 e. The molecule has 2 heterocycles. The summed E-state index contributed by atoms with van der Waals surface area (Å²) in [5, 5.41) is 0. The number of hydrogen-bond acceptors (Lipinski definition) is 4. The van der Waals surface area contributed by atoms with E-state index in [9.17, 15) is 4.79 Å². The maximum atomic E-state index is 11.7. The molecule has 2 rings (SSSR count). The lowest BCUT2D eigenvalue weighted by Gasteiger charge is -2.25. The SMILES string of the molecule is O=C(CN1CCOCC1)C1=COCC1. The first-order valence-corrected chi connectivity index (χ1v) is 5.00. The lowest BCUT2D eigenvalue weighted by atomic mass is 10.1. The van der Waals surface area contributed by atoms with Crippen LogP contribution < -0.4 is 0 Å². The fourth-order valence-corrected chi connectivity index (χ4v) is 1.66. The maximum absolute atomic E-state index is 11.7. The zero-order valence-corrected chi connectivity index (χ0v) is 8.20. The number of ketones is 1. The summed E-state index contributed by atoms with van der Waals surface area (Å²) in [6, 6.07) is 0. The third-order valence-corrected chi connectivity index (χ3v) is 2.54. The number of hydrogen-bond donors (Lipinski definition) is 0. The molecular formula is C10H15NO3. The summed E-state index contributed by atoms with van der Waals surface area (Å²) < 4.78 is 10.3. The van der Waals surface area contributed by atoms with Crippen LogP contribution >= 0.6 is 0 Å². The molecule has 0 aromatic rings. The lowest BCUT2D eigenvalue weighted by Crippen LogP contribution is -2.39. The van der Waals surface area contributed by atoms with Crippen LogP contribution in [0.25, 0.3) is 0 Å². The molecular weight excluding hydrogens is 182 g/mol. The van der Waals surface area contributed by atoms with Crippen molar-refractivity contribution in [3.05, 3.63) is 11.8 Å². The second kappa shape index (κ2) is 4.57. The third-order valence-electron chi connectivity index (χ3n) is 2.54. The average molecular weight is 197 g/mol. The molecule has 0 N–H and O–H groups in total. The largest absolute Gasteiger partial charge is 0.500 e. The van der Waals surface area contributed by atoms with Crippen LogP contribution in [0.4, 0.5) is 0 Å². The standard InChI is InChI=1S/C10H15NO3/c12-10(9-1-4-14-8-9)7-11-2-5-13-6-3-11/h8H,1-7H2. The summed E-state index contributed by atoms with van der Waals surface area (Å²) in [6.07, 6.45) is 2.37. The van der Waals surface area contributed by atoms with Crippen LogP contribution in [-0.4, -0.2) is 50.1 Å². The van der Waals surface area contributed by atoms with Gasteiger partial charge in [0.25, 0.3) is 0 Å². The Labute approximate surface area is 83.5 Å². The van der Waals surface area contributed by atoms with Crippen molar-refractivity contribution in [2.24, 2.45) is 0 Å². The Morgan fingerprint density at radius 2 is 2.14 bits per heavy atom. The van der Waals surface area contributed by atoms with Gasteiger partial charge in [0.15, 0.2) is 5.78 Å². The Hall–Kier alpha value is -0.870. The number of Topliss-reactive ketones (excluding diaryl/α,β-unsaturated/α-hetero) is 1. The second-order valence-corrected chi connectivity index (χ2v) is 3.58. The summed E-state index contributed by atoms with van der Waals surface area (Å²) in [5.74, 6) is 0.199. The van der Waals surface area contributed by atoms with Gasteiger partial charge in [-0.25, -0.2) is 0 Å². The Bertz CT molecular complexity index is 244. The van der Waals surface area contributed by atoms with E-state index in [1.807, 2.05) is 0 Å². The summed E-state index contributed by atoms with van der Waals surface area (Å²) in [5.41, 5.74) is 0.830. The van der Waals surface area contributed by atoms with Crippen LogP contribution in [0.5, 0.6) is 0 Å². The van der Waals surface area contributed by atoms with Crippen LogP contribution in [0.15, 0.2) is 11.8 Å². The molecule has 0 amide bonds. The Balaban J connectivity index is 1.81. The molecule has 1 fully saturated rings. The molecule has 14 heavy (non-hydrogen) atoms. The highest BCUT2D eigenvalue weighted by atomic mass is 16.5. The zero-order chi connectivity index (χ0) is 9.80. The highest BCUT2D eigenvalue weighted by Crippen LogP contribution is 2.12. The predicted molar refractivity (Wildman–Crippen MR) is 50.9 cm³/mol. The molecule has 2 aliphatic rings. The van der Waals surface area contributed by atoms with Crippen molar-refractivity contribution < 1.29 is 14.3 Å². The minimum absolute atomic E-state index is 0.199. The molecule has 0 saturated carbocycles. The molecule has 0 aromatic carbocycles. The van der Waals surface area contributed by atoms with Gasteiger partial charge in [0.2, 0.25) is 0 Å². The third kappa shape index (κ3) is 2.33. The van der Waals surface area contributed by atoms with E-state index in [2.05, 4.69) is 4.90 Å². The highest BCUT2D eigenvalue weighted by molar-refractivity contribution is 5.96. The van der Waals surface area contributed by atoms with Crippen molar-refractivity contribution in [2.45, 2.75) is 6.42 Å². The van der Waals surface area contributed by atoms with Crippen molar-refractivity contribution in [1.29, 1.82) is 0 Å². The van der Waals surface area contributed by atoms with Crippen molar-refractivity contribution in [3.8, 4) is 0 Å². The van der Waals surface area contributed by atoms with E-state index < -0.39 is 0 Å². The second-order valence-electron chi connectivity index (χ2n) is 3.58. The van der Waals surface area contributed by atoms with Gasteiger partial charge in [-0.1, -0.05) is 0 Å². The van der Waals surface area contributed by atoms with E-state index in [4.69, 9.17) is 9.47 Å². The molecule has 4 nitrogen and oxygen atoms in total. The molecule has 0 atom stereocenters. The minimum atomic E-state index is 0.199. The van der Waals surface area contributed by atoms with Crippen molar-refractivity contribution in [1.82, 2.24) is 4.90 Å². The molecule has 0 unspecified atom stereocenters. The molecule has 0 aliphatic carbocycles. The van der Waals surface area contributed by atoms with E-state index in [-0.39, 0.29) is 5.78 Å². The first kappa shape index (κ1) is 9.68. The number of carbonyl (C=O) groups excluding carboxylic acids is 1. The topological polar surface area (TPSA) is 38.8 Å². The summed E-state index contributed by atoms with van der Waals surface area (Å²) in [7, 11) is 0. The molecule has 1 saturated heterocycles. The summed E-state index contributed by atoms with van der Waals surface area (Å²) in [4.78, 5) is 13.8. The smallest absolute Gasteiger partial charge is 0.175 e. The molecule has 0 aromatic heterocycles. The Kier molecular flexibility index (Phi) is 3.16. The summed E-state index contributed by atoms with van der Waals surface area (Å²) in [6.45, 7) is 4.37. The first-order valence-electron chi connectivity index (χ1n) is 5.00. The number of rotatable bonds is 3. The summed E-state index contributed by atoms with van der Waals surface area (Å²) >= 11 is 0. The molecule has 0 radical (unpaired) electrons. The van der Waals surface area contributed by atoms with Gasteiger partial charge in [-0.15, -0.1) is 0 Å². The van der Waals surface area contributed by atoms with E-state index in [1.165, 1.54) is 0 Å². The van der Waals surface area contributed by atoms with Crippen LogP contribution in [0, 0.1) is 0 Å². The van der Waals surface area contributed by atoms with Crippen molar-refractivity contribution in [2.75, 3.05) is 39.5 Å². The number of carbonyl (C=O) groups is 1. The lowest BCUT2D eigenvalue weighted by molar-refractivity contribution is -0.117. The Morgan fingerprint density at radius 3 is 2.79 bits per heavy atom. The van der Waals surface area contributed by atoms with Crippen LogP contribution in [0.2, 0.25) is 0 Å². The average Bonchev–Trinajstić information content (AvgIpc) is 2.72. The van der Waals surface area contributed by atoms with E-state index in [0.29, 0.717) is 13.2 Å². The quantitative estimate of drug-likeness (QED) is 0.647. The van der Waals surface area contributed by atoms with Crippen molar-refractivity contribution in [3.63, 3.8) is 0 Å². The van der Waals surface area contributed by atoms with Gasteiger partial charge < -0.3 is 9.47 Å². The number of ether oxygens (including phenoxy) is 2. The maximum Gasteiger partial charge on any atom is 0.175 e. The van der Waals surface area contributed by atoms with Gasteiger partial charge in [0.1, 0.15) is 0 Å². The number of nitrogens with zero attached hydrogens (tertiary/aromatic N) is 1. The number of morpholine rings is 1. The zero-order valence-electron chi connectivity index (χ0n) is 8.20. The molecule has 4 heteroatoms. The van der Waals surface area contributed by atoms with Gasteiger partial charge in [-0.3, -0.25) is 9.69 Å². The van der Waals surface area contributed by atoms with Crippen LogP contribution in [0.3, 0.4) is 0 Å². The van der Waals surface area contributed by atoms with E-state index in [1.54, 1.807) is 6.26 Å². The van der Waals surface area contributed by atoms with Gasteiger partial charge in [-0.2, -0.15) is 0 Å². The Morgan fingerprint density at radius 1 is 1.36 bits per heavy atom. The fourth-order valence-electron chi connectivity index (χ4n) is 1.66. The first-order chi connectivity index (χ1) is 6.86. The molecule has 0 bridgehead atoms. The van der Waals surface area contributed by atoms with Gasteiger partial charge in [0.05, 0.1) is 32.6 Å². The molecule has 2 aliphatic heterocycles. The monoisotopic (exact) mass is 197 g/mol. The normalized spacial score (nSPS) is 23.0. The molecule has 0 spiro atoms. The fraction of sp³-hybridized carbons (Fsp3) is 0.700. The van der Waals surface area contributed by atoms with Gasteiger partial charge >= 0.3 is 0 Å². The van der Waals surface area contributed by atoms with Gasteiger partial charge in [-0.05, 0) is 0 Å².